The Morgan fingerprint density at radius 3 is 2.26 bits per heavy atom. The summed E-state index contributed by atoms with van der Waals surface area (Å²) in [5, 5.41) is 5.25. The van der Waals surface area contributed by atoms with Crippen LogP contribution >= 0.6 is 34.8 Å². The molecule has 122 valence electrons. The molecule has 2 rings (SSSR count). The van der Waals surface area contributed by atoms with Crippen LogP contribution in [0.2, 0.25) is 0 Å². The Morgan fingerprint density at radius 2 is 1.70 bits per heavy atom. The SMILES string of the molecule is Cc1ccc(C(=O)N[C@@H](Nc2ccccc2F)C(Cl)(Cl)Cl)cc1. The van der Waals surface area contributed by atoms with Gasteiger partial charge in [-0.3, -0.25) is 4.79 Å². The van der Waals surface area contributed by atoms with Crippen LogP contribution in [0.4, 0.5) is 10.1 Å². The molecule has 0 saturated heterocycles. The first-order valence-electron chi connectivity index (χ1n) is 6.72. The zero-order valence-corrected chi connectivity index (χ0v) is 14.4. The molecule has 0 saturated carbocycles. The maximum Gasteiger partial charge on any atom is 0.252 e. The van der Waals surface area contributed by atoms with Crippen LogP contribution in [0.15, 0.2) is 48.5 Å². The number of halogens is 4. The minimum atomic E-state index is -1.87. The second-order valence-electron chi connectivity index (χ2n) is 4.94. The van der Waals surface area contributed by atoms with Gasteiger partial charge >= 0.3 is 0 Å². The van der Waals surface area contributed by atoms with Gasteiger partial charge in [-0.1, -0.05) is 64.6 Å². The molecule has 23 heavy (non-hydrogen) atoms. The molecule has 0 spiro atoms. The lowest BCUT2D eigenvalue weighted by Crippen LogP contribution is -2.49. The number of benzene rings is 2. The van der Waals surface area contributed by atoms with Crippen molar-refractivity contribution < 1.29 is 9.18 Å². The number of anilines is 1. The van der Waals surface area contributed by atoms with E-state index in [4.69, 9.17) is 34.8 Å². The Kier molecular flexibility index (Phi) is 5.74. The van der Waals surface area contributed by atoms with E-state index in [0.717, 1.165) is 5.56 Å². The van der Waals surface area contributed by atoms with Gasteiger partial charge in [-0.15, -0.1) is 0 Å². The van der Waals surface area contributed by atoms with Crippen LogP contribution in [0, 0.1) is 12.7 Å². The number of alkyl halides is 3. The van der Waals surface area contributed by atoms with Crippen LogP contribution in [-0.2, 0) is 0 Å². The molecule has 0 heterocycles. The van der Waals surface area contributed by atoms with E-state index >= 15 is 0 Å². The third-order valence-electron chi connectivity index (χ3n) is 3.09. The molecule has 2 aromatic carbocycles. The van der Waals surface area contributed by atoms with Crippen LogP contribution in [0.5, 0.6) is 0 Å². The topological polar surface area (TPSA) is 41.1 Å². The molecule has 3 nitrogen and oxygen atoms in total. The number of amides is 1. The molecule has 0 aliphatic heterocycles. The predicted octanol–water partition coefficient (Wildman–Crippen LogP) is 4.67. The van der Waals surface area contributed by atoms with E-state index in [1.165, 1.54) is 18.2 Å². The third-order valence-corrected chi connectivity index (χ3v) is 3.74. The van der Waals surface area contributed by atoms with Gasteiger partial charge in [-0.2, -0.15) is 0 Å². The summed E-state index contributed by atoms with van der Waals surface area (Å²) in [6.07, 6.45) is -1.11. The molecular weight excluding hydrogens is 362 g/mol. The highest BCUT2D eigenvalue weighted by atomic mass is 35.6. The van der Waals surface area contributed by atoms with E-state index in [1.807, 2.05) is 6.92 Å². The number of para-hydroxylation sites is 1. The van der Waals surface area contributed by atoms with Crippen molar-refractivity contribution in [3.63, 3.8) is 0 Å². The lowest BCUT2D eigenvalue weighted by atomic mass is 10.1. The number of carbonyl (C=O) groups excluding carboxylic acids is 1. The van der Waals surface area contributed by atoms with Crippen molar-refractivity contribution in [2.24, 2.45) is 0 Å². The number of hydrogen-bond donors (Lipinski definition) is 2. The van der Waals surface area contributed by atoms with Crippen molar-refractivity contribution in [2.45, 2.75) is 16.9 Å². The van der Waals surface area contributed by atoms with Crippen LogP contribution in [0.3, 0.4) is 0 Å². The second kappa shape index (κ2) is 7.39. The van der Waals surface area contributed by atoms with E-state index in [1.54, 1.807) is 30.3 Å². The number of rotatable bonds is 4. The molecule has 1 atom stereocenters. The first-order chi connectivity index (χ1) is 10.8. The van der Waals surface area contributed by atoms with E-state index in [-0.39, 0.29) is 5.69 Å². The zero-order valence-electron chi connectivity index (χ0n) is 12.1. The highest BCUT2D eigenvalue weighted by molar-refractivity contribution is 6.68. The van der Waals surface area contributed by atoms with Crippen LogP contribution < -0.4 is 10.6 Å². The van der Waals surface area contributed by atoms with Crippen LogP contribution in [-0.4, -0.2) is 15.9 Å². The lowest BCUT2D eigenvalue weighted by molar-refractivity contribution is 0.0941. The third kappa shape index (κ3) is 4.99. The zero-order chi connectivity index (χ0) is 17.0. The van der Waals surface area contributed by atoms with E-state index < -0.39 is 21.7 Å². The van der Waals surface area contributed by atoms with Crippen LogP contribution in [0.25, 0.3) is 0 Å². The predicted molar refractivity (Wildman–Crippen MR) is 92.7 cm³/mol. The molecule has 1 amide bonds. The summed E-state index contributed by atoms with van der Waals surface area (Å²) < 4.78 is 11.9. The molecule has 0 bridgehead atoms. The van der Waals surface area contributed by atoms with Gasteiger partial charge in [0, 0.05) is 5.56 Å². The first-order valence-corrected chi connectivity index (χ1v) is 7.86. The van der Waals surface area contributed by atoms with Gasteiger partial charge < -0.3 is 10.6 Å². The maximum absolute atomic E-state index is 13.7. The second-order valence-corrected chi connectivity index (χ2v) is 7.31. The Bertz CT molecular complexity index is 686. The van der Waals surface area contributed by atoms with Gasteiger partial charge in [0.05, 0.1) is 5.69 Å². The summed E-state index contributed by atoms with van der Waals surface area (Å²) >= 11 is 17.7. The van der Waals surface area contributed by atoms with Gasteiger partial charge in [0.1, 0.15) is 12.0 Å². The first kappa shape index (κ1) is 17.9. The number of hydrogen-bond acceptors (Lipinski definition) is 2. The van der Waals surface area contributed by atoms with Crippen LogP contribution in [0.1, 0.15) is 15.9 Å². The molecule has 0 fully saturated rings. The molecular formula is C16H14Cl3FN2O. The minimum absolute atomic E-state index is 0.119. The van der Waals surface area contributed by atoms with Gasteiger partial charge in [-0.05, 0) is 31.2 Å². The Morgan fingerprint density at radius 1 is 1.09 bits per heavy atom. The normalized spacial score (nSPS) is 12.6. The molecule has 2 aromatic rings. The van der Waals surface area contributed by atoms with Gasteiger partial charge in [0.25, 0.3) is 5.91 Å². The summed E-state index contributed by atoms with van der Waals surface area (Å²) in [5.74, 6) is -0.957. The summed E-state index contributed by atoms with van der Waals surface area (Å²) in [5.41, 5.74) is 1.54. The van der Waals surface area contributed by atoms with Crippen molar-refractivity contribution in [2.75, 3.05) is 5.32 Å². The lowest BCUT2D eigenvalue weighted by Gasteiger charge is -2.27. The molecule has 7 heteroatoms. The monoisotopic (exact) mass is 374 g/mol. The fourth-order valence-electron chi connectivity index (χ4n) is 1.85. The number of aryl methyl sites for hydroxylation is 1. The van der Waals surface area contributed by atoms with E-state index in [0.29, 0.717) is 5.56 Å². The number of nitrogens with one attached hydrogen (secondary N) is 2. The fraction of sp³-hybridized carbons (Fsp3) is 0.188. The quantitative estimate of drug-likeness (QED) is 0.602. The highest BCUT2D eigenvalue weighted by Gasteiger charge is 2.34. The minimum Gasteiger partial charge on any atom is -0.359 e. The van der Waals surface area contributed by atoms with E-state index in [9.17, 15) is 9.18 Å². The summed E-state index contributed by atoms with van der Waals surface area (Å²) in [4.78, 5) is 12.3. The summed E-state index contributed by atoms with van der Waals surface area (Å²) in [7, 11) is 0. The fourth-order valence-corrected chi connectivity index (χ4v) is 2.18. The van der Waals surface area contributed by atoms with Gasteiger partial charge in [0.2, 0.25) is 3.79 Å². The molecule has 0 aromatic heterocycles. The van der Waals surface area contributed by atoms with Crippen molar-refractivity contribution in [1.29, 1.82) is 0 Å². The van der Waals surface area contributed by atoms with Gasteiger partial charge in [-0.25, -0.2) is 4.39 Å². The molecule has 2 N–H and O–H groups in total. The smallest absolute Gasteiger partial charge is 0.252 e. The standard InChI is InChI=1S/C16H14Cl3FN2O/c1-10-6-8-11(9-7-10)14(23)22-15(16(17,18)19)21-13-5-3-2-4-12(13)20/h2-9,15,21H,1H3,(H,22,23)/t15-/m1/s1. The maximum atomic E-state index is 13.7. The van der Waals surface area contributed by atoms with Crippen molar-refractivity contribution in [3.8, 4) is 0 Å². The average Bonchev–Trinajstić information content (AvgIpc) is 2.48. The summed E-state index contributed by atoms with van der Waals surface area (Å²) in [6, 6.07) is 12.8. The molecule has 0 radical (unpaired) electrons. The Hall–Kier alpha value is -1.49. The van der Waals surface area contributed by atoms with Crippen molar-refractivity contribution in [1.82, 2.24) is 5.32 Å². The van der Waals surface area contributed by atoms with Crippen molar-refractivity contribution >= 4 is 46.4 Å². The van der Waals surface area contributed by atoms with Gasteiger partial charge in [0.15, 0.2) is 0 Å². The summed E-state index contributed by atoms with van der Waals surface area (Å²) in [6.45, 7) is 1.91. The largest absolute Gasteiger partial charge is 0.359 e. The van der Waals surface area contributed by atoms with E-state index in [2.05, 4.69) is 10.6 Å². The Balaban J connectivity index is 2.18. The molecule has 0 unspecified atom stereocenters. The highest BCUT2D eigenvalue weighted by Crippen LogP contribution is 2.31. The average molecular weight is 376 g/mol. The number of carbonyl (C=O) groups is 1. The van der Waals surface area contributed by atoms with Crippen molar-refractivity contribution in [3.05, 3.63) is 65.5 Å². The Labute approximate surface area is 148 Å². The molecule has 0 aliphatic carbocycles. The molecule has 0 aliphatic rings.